The lowest BCUT2D eigenvalue weighted by atomic mass is 10.1. The third-order valence-corrected chi connectivity index (χ3v) is 4.57. The summed E-state index contributed by atoms with van der Waals surface area (Å²) >= 11 is 1.82. The molecule has 0 saturated heterocycles. The molecule has 0 bridgehead atoms. The molecule has 0 radical (unpaired) electrons. The first-order valence-electron chi connectivity index (χ1n) is 6.30. The molecule has 94 valence electrons. The monoisotopic (exact) mass is 259 g/mol. The number of aryl methyl sites for hydroxylation is 1. The second-order valence-corrected chi connectivity index (χ2v) is 5.70. The molecule has 18 heavy (non-hydrogen) atoms. The smallest absolute Gasteiger partial charge is 0.122 e. The Morgan fingerprint density at radius 2 is 2.22 bits per heavy atom. The molecule has 2 heterocycles. The van der Waals surface area contributed by atoms with E-state index in [1.807, 2.05) is 11.3 Å². The first kappa shape index (κ1) is 11.6. The Balaban J connectivity index is 1.79. The average molecular weight is 259 g/mol. The second kappa shape index (κ2) is 4.65. The number of nitrogens with one attached hydrogen (secondary N) is 1. The molecule has 1 aromatic carbocycles. The standard InChI is InChI=1S/C15H17NOS/c1-10-6-8-18-15(10)11(2)16-13-3-4-14-12(9-13)5-7-17-14/h3-4,6,8-9,11,16H,5,7H2,1-2H3. The number of hydrogen-bond acceptors (Lipinski definition) is 3. The third-order valence-electron chi connectivity index (χ3n) is 3.37. The van der Waals surface area contributed by atoms with Crippen molar-refractivity contribution < 1.29 is 4.74 Å². The molecule has 2 nitrogen and oxygen atoms in total. The maximum absolute atomic E-state index is 5.52. The van der Waals surface area contributed by atoms with Crippen molar-refractivity contribution in [2.75, 3.05) is 11.9 Å². The van der Waals surface area contributed by atoms with Crippen molar-refractivity contribution in [2.45, 2.75) is 26.3 Å². The van der Waals surface area contributed by atoms with E-state index in [1.165, 1.54) is 21.7 Å². The van der Waals surface area contributed by atoms with Gasteiger partial charge in [-0.1, -0.05) is 0 Å². The Bertz CT molecular complexity index is 561. The molecule has 1 aromatic heterocycles. The van der Waals surface area contributed by atoms with Crippen molar-refractivity contribution in [3.05, 3.63) is 45.6 Å². The predicted molar refractivity (Wildman–Crippen MR) is 76.7 cm³/mol. The number of hydrogen-bond donors (Lipinski definition) is 1. The summed E-state index contributed by atoms with van der Waals surface area (Å²) < 4.78 is 5.52. The van der Waals surface area contributed by atoms with Gasteiger partial charge in [-0.3, -0.25) is 0 Å². The fourth-order valence-electron chi connectivity index (χ4n) is 2.42. The minimum atomic E-state index is 0.352. The number of benzene rings is 1. The highest BCUT2D eigenvalue weighted by Gasteiger charge is 2.14. The molecule has 1 N–H and O–H groups in total. The summed E-state index contributed by atoms with van der Waals surface area (Å²) in [5, 5.41) is 5.72. The van der Waals surface area contributed by atoms with E-state index in [1.54, 1.807) is 0 Å². The molecule has 1 atom stereocenters. The molecular formula is C15H17NOS. The van der Waals surface area contributed by atoms with Crippen molar-refractivity contribution in [1.82, 2.24) is 0 Å². The normalized spacial score (nSPS) is 15.0. The van der Waals surface area contributed by atoms with Crippen LogP contribution in [-0.4, -0.2) is 6.61 Å². The molecule has 1 aliphatic rings. The lowest BCUT2D eigenvalue weighted by Gasteiger charge is -2.15. The Hall–Kier alpha value is -1.48. The van der Waals surface area contributed by atoms with E-state index in [0.29, 0.717) is 6.04 Å². The van der Waals surface area contributed by atoms with Gasteiger partial charge in [-0.25, -0.2) is 0 Å². The predicted octanol–water partition coefficient (Wildman–Crippen LogP) is 4.16. The Labute approximate surface area is 112 Å². The highest BCUT2D eigenvalue weighted by atomic mass is 32.1. The van der Waals surface area contributed by atoms with E-state index in [9.17, 15) is 0 Å². The fraction of sp³-hybridized carbons (Fsp3) is 0.333. The van der Waals surface area contributed by atoms with E-state index < -0.39 is 0 Å². The van der Waals surface area contributed by atoms with Crippen LogP contribution in [0.15, 0.2) is 29.6 Å². The van der Waals surface area contributed by atoms with Gasteiger partial charge in [0, 0.05) is 17.0 Å². The van der Waals surface area contributed by atoms with Crippen LogP contribution in [0.25, 0.3) is 0 Å². The van der Waals surface area contributed by atoms with Crippen LogP contribution in [0.3, 0.4) is 0 Å². The zero-order valence-electron chi connectivity index (χ0n) is 10.7. The molecule has 1 unspecified atom stereocenters. The molecule has 0 fully saturated rings. The highest BCUT2D eigenvalue weighted by Crippen LogP contribution is 2.31. The van der Waals surface area contributed by atoms with Gasteiger partial charge in [0.25, 0.3) is 0 Å². The molecule has 3 rings (SSSR count). The van der Waals surface area contributed by atoms with Crippen LogP contribution >= 0.6 is 11.3 Å². The average Bonchev–Trinajstić information content (AvgIpc) is 2.96. The quantitative estimate of drug-likeness (QED) is 0.893. The van der Waals surface area contributed by atoms with Crippen molar-refractivity contribution in [3.63, 3.8) is 0 Å². The Kier molecular flexibility index (Phi) is 3.00. The number of anilines is 1. The summed E-state index contributed by atoms with van der Waals surface area (Å²) in [7, 11) is 0. The molecule has 0 aliphatic carbocycles. The van der Waals surface area contributed by atoms with Gasteiger partial charge in [-0.15, -0.1) is 11.3 Å². The zero-order valence-corrected chi connectivity index (χ0v) is 11.5. The van der Waals surface area contributed by atoms with Crippen LogP contribution in [0.2, 0.25) is 0 Å². The highest BCUT2D eigenvalue weighted by molar-refractivity contribution is 7.10. The summed E-state index contributed by atoms with van der Waals surface area (Å²) in [6, 6.07) is 8.91. The summed E-state index contributed by atoms with van der Waals surface area (Å²) in [4.78, 5) is 1.41. The van der Waals surface area contributed by atoms with Gasteiger partial charge >= 0.3 is 0 Å². The topological polar surface area (TPSA) is 21.3 Å². The minimum Gasteiger partial charge on any atom is -0.493 e. The summed E-state index contributed by atoms with van der Waals surface area (Å²) in [6.45, 7) is 5.20. The van der Waals surface area contributed by atoms with Crippen molar-refractivity contribution in [2.24, 2.45) is 0 Å². The van der Waals surface area contributed by atoms with E-state index in [0.717, 1.165) is 18.8 Å². The molecule has 0 saturated carbocycles. The van der Waals surface area contributed by atoms with Crippen LogP contribution in [0.4, 0.5) is 5.69 Å². The van der Waals surface area contributed by atoms with Crippen LogP contribution in [0, 0.1) is 6.92 Å². The summed E-state index contributed by atoms with van der Waals surface area (Å²) in [5.74, 6) is 1.04. The Morgan fingerprint density at radius 1 is 1.33 bits per heavy atom. The Morgan fingerprint density at radius 3 is 3.00 bits per heavy atom. The van der Waals surface area contributed by atoms with Crippen LogP contribution in [-0.2, 0) is 6.42 Å². The lowest BCUT2D eigenvalue weighted by Crippen LogP contribution is -2.06. The van der Waals surface area contributed by atoms with Crippen LogP contribution < -0.4 is 10.1 Å². The SMILES string of the molecule is Cc1ccsc1C(C)Nc1ccc2c(c1)CCO2. The summed E-state index contributed by atoms with van der Waals surface area (Å²) in [6.07, 6.45) is 1.03. The van der Waals surface area contributed by atoms with Crippen molar-refractivity contribution >= 4 is 17.0 Å². The van der Waals surface area contributed by atoms with Crippen LogP contribution in [0.1, 0.15) is 29.0 Å². The number of thiophene rings is 1. The number of ether oxygens (including phenoxy) is 1. The molecule has 1 aliphatic heterocycles. The second-order valence-electron chi connectivity index (χ2n) is 4.75. The largest absolute Gasteiger partial charge is 0.493 e. The summed E-state index contributed by atoms with van der Waals surface area (Å²) in [5.41, 5.74) is 3.86. The molecule has 0 amide bonds. The maximum Gasteiger partial charge on any atom is 0.122 e. The third kappa shape index (κ3) is 2.10. The lowest BCUT2D eigenvalue weighted by molar-refractivity contribution is 0.357. The molecular weight excluding hydrogens is 242 g/mol. The van der Waals surface area contributed by atoms with Gasteiger partial charge in [0.2, 0.25) is 0 Å². The van der Waals surface area contributed by atoms with Gasteiger partial charge in [-0.05, 0) is 54.6 Å². The molecule has 2 aromatic rings. The van der Waals surface area contributed by atoms with Crippen molar-refractivity contribution in [3.8, 4) is 5.75 Å². The van der Waals surface area contributed by atoms with E-state index in [-0.39, 0.29) is 0 Å². The first-order valence-corrected chi connectivity index (χ1v) is 7.18. The first-order chi connectivity index (χ1) is 8.74. The van der Waals surface area contributed by atoms with Crippen molar-refractivity contribution in [1.29, 1.82) is 0 Å². The van der Waals surface area contributed by atoms with E-state index in [2.05, 4.69) is 48.8 Å². The van der Waals surface area contributed by atoms with Gasteiger partial charge in [0.05, 0.1) is 12.6 Å². The number of fused-ring (bicyclic) bond motifs is 1. The molecule has 0 spiro atoms. The van der Waals surface area contributed by atoms with Gasteiger partial charge in [-0.2, -0.15) is 0 Å². The van der Waals surface area contributed by atoms with Crippen LogP contribution in [0.5, 0.6) is 5.75 Å². The van der Waals surface area contributed by atoms with Gasteiger partial charge < -0.3 is 10.1 Å². The minimum absolute atomic E-state index is 0.352. The maximum atomic E-state index is 5.52. The zero-order chi connectivity index (χ0) is 12.5. The fourth-order valence-corrected chi connectivity index (χ4v) is 3.36. The molecule has 3 heteroatoms. The van der Waals surface area contributed by atoms with E-state index in [4.69, 9.17) is 4.74 Å². The van der Waals surface area contributed by atoms with Gasteiger partial charge in [0.15, 0.2) is 0 Å². The van der Waals surface area contributed by atoms with Gasteiger partial charge in [0.1, 0.15) is 5.75 Å². The number of rotatable bonds is 3. The van der Waals surface area contributed by atoms with E-state index >= 15 is 0 Å².